The van der Waals surface area contributed by atoms with E-state index in [1.807, 2.05) is 0 Å². The van der Waals surface area contributed by atoms with Gasteiger partial charge in [-0.3, -0.25) is 4.79 Å². The van der Waals surface area contributed by atoms with Gasteiger partial charge in [0.25, 0.3) is 0 Å². The molecule has 0 radical (unpaired) electrons. The predicted octanol–water partition coefficient (Wildman–Crippen LogP) is 5.03. The molecule has 0 aliphatic heterocycles. The van der Waals surface area contributed by atoms with Crippen LogP contribution in [-0.2, 0) is 4.79 Å². The first-order valence-corrected chi connectivity index (χ1v) is 7.02. The van der Waals surface area contributed by atoms with Gasteiger partial charge in [0.1, 0.15) is 11.6 Å². The molecule has 0 aliphatic rings. The van der Waals surface area contributed by atoms with Crippen molar-refractivity contribution >= 4 is 45.2 Å². The molecule has 0 unspecified atom stereocenters. The Labute approximate surface area is 133 Å². The normalized spacial score (nSPS) is 10.9. The molecule has 6 heteroatoms. The molecule has 0 saturated heterocycles. The van der Waals surface area contributed by atoms with E-state index in [1.165, 1.54) is 6.08 Å². The van der Waals surface area contributed by atoms with Gasteiger partial charge < -0.3 is 5.32 Å². The second-order valence-electron chi connectivity index (χ2n) is 4.12. The summed E-state index contributed by atoms with van der Waals surface area (Å²) in [5.41, 5.74) is 0.540. The molecule has 0 saturated carbocycles. The lowest BCUT2D eigenvalue weighted by atomic mass is 10.2. The molecule has 0 aliphatic carbocycles. The minimum absolute atomic E-state index is 0.00490. The molecule has 0 spiro atoms. The lowest BCUT2D eigenvalue weighted by Gasteiger charge is -2.05. The number of hydrogen-bond donors (Lipinski definition) is 1. The number of amides is 1. The molecular formula is C15H9BrClF2NO. The molecule has 21 heavy (non-hydrogen) atoms. The number of halogens is 4. The third kappa shape index (κ3) is 4.37. The SMILES string of the molecule is O=C(/C=C/c1ccc(Cl)cc1)Nc1cc(F)c(Br)cc1F. The summed E-state index contributed by atoms with van der Waals surface area (Å²) in [6.45, 7) is 0. The van der Waals surface area contributed by atoms with E-state index in [2.05, 4.69) is 21.2 Å². The molecule has 2 rings (SSSR count). The van der Waals surface area contributed by atoms with E-state index in [9.17, 15) is 13.6 Å². The monoisotopic (exact) mass is 371 g/mol. The number of carbonyl (C=O) groups is 1. The second-order valence-corrected chi connectivity index (χ2v) is 5.41. The third-order valence-corrected chi connectivity index (χ3v) is 3.42. The van der Waals surface area contributed by atoms with Crippen LogP contribution in [0.2, 0.25) is 5.02 Å². The largest absolute Gasteiger partial charge is 0.320 e. The Morgan fingerprint density at radius 3 is 2.48 bits per heavy atom. The zero-order valence-corrected chi connectivity index (χ0v) is 12.9. The third-order valence-electron chi connectivity index (χ3n) is 2.56. The number of carbonyl (C=O) groups excluding carboxylic acids is 1. The van der Waals surface area contributed by atoms with Crippen molar-refractivity contribution in [2.24, 2.45) is 0 Å². The topological polar surface area (TPSA) is 29.1 Å². The summed E-state index contributed by atoms with van der Waals surface area (Å²) in [5, 5.41) is 2.86. The van der Waals surface area contributed by atoms with E-state index >= 15 is 0 Å². The molecule has 2 aromatic rings. The van der Waals surface area contributed by atoms with Crippen LogP contribution in [0.15, 0.2) is 46.9 Å². The molecule has 108 valence electrons. The molecule has 1 N–H and O–H groups in total. The molecule has 2 nitrogen and oxygen atoms in total. The number of rotatable bonds is 3. The van der Waals surface area contributed by atoms with E-state index in [4.69, 9.17) is 11.6 Å². The summed E-state index contributed by atoms with van der Waals surface area (Å²) in [5.74, 6) is -1.95. The van der Waals surface area contributed by atoms with Crippen molar-refractivity contribution in [1.29, 1.82) is 0 Å². The van der Waals surface area contributed by atoms with Gasteiger partial charge in [0.2, 0.25) is 5.91 Å². The molecule has 1 amide bonds. The lowest BCUT2D eigenvalue weighted by Crippen LogP contribution is -2.09. The van der Waals surface area contributed by atoms with Crippen molar-refractivity contribution in [2.45, 2.75) is 0 Å². The van der Waals surface area contributed by atoms with Crippen LogP contribution < -0.4 is 5.32 Å². The van der Waals surface area contributed by atoms with Crippen molar-refractivity contribution < 1.29 is 13.6 Å². The van der Waals surface area contributed by atoms with Crippen LogP contribution in [0.4, 0.5) is 14.5 Å². The van der Waals surface area contributed by atoms with Crippen LogP contribution in [0.5, 0.6) is 0 Å². The van der Waals surface area contributed by atoms with Crippen LogP contribution in [0, 0.1) is 11.6 Å². The number of benzene rings is 2. The number of nitrogens with one attached hydrogen (secondary N) is 1. The highest BCUT2D eigenvalue weighted by molar-refractivity contribution is 9.10. The lowest BCUT2D eigenvalue weighted by molar-refractivity contribution is -0.111. The summed E-state index contributed by atoms with van der Waals surface area (Å²) in [4.78, 5) is 11.7. The summed E-state index contributed by atoms with van der Waals surface area (Å²) in [6.07, 6.45) is 2.77. The maximum absolute atomic E-state index is 13.5. The Morgan fingerprint density at radius 2 is 1.81 bits per heavy atom. The Morgan fingerprint density at radius 1 is 1.14 bits per heavy atom. The molecule has 0 heterocycles. The van der Waals surface area contributed by atoms with Crippen molar-refractivity contribution in [3.8, 4) is 0 Å². The van der Waals surface area contributed by atoms with Gasteiger partial charge in [-0.25, -0.2) is 8.78 Å². The quantitative estimate of drug-likeness (QED) is 0.594. The van der Waals surface area contributed by atoms with Crippen LogP contribution in [0.1, 0.15) is 5.56 Å². The molecule has 0 atom stereocenters. The van der Waals surface area contributed by atoms with E-state index in [0.717, 1.165) is 17.7 Å². The highest BCUT2D eigenvalue weighted by atomic mass is 79.9. The zero-order valence-electron chi connectivity index (χ0n) is 10.5. The Kier molecular flexibility index (Phi) is 5.09. The fourth-order valence-corrected chi connectivity index (χ4v) is 1.98. The molecule has 2 aromatic carbocycles. The average molecular weight is 373 g/mol. The summed E-state index contributed by atoms with van der Waals surface area (Å²) < 4.78 is 26.8. The smallest absolute Gasteiger partial charge is 0.248 e. The average Bonchev–Trinajstić information content (AvgIpc) is 2.44. The Balaban J connectivity index is 2.08. The first-order chi connectivity index (χ1) is 9.95. The zero-order chi connectivity index (χ0) is 15.4. The van der Waals surface area contributed by atoms with Gasteiger partial charge in [0, 0.05) is 17.2 Å². The van der Waals surface area contributed by atoms with Crippen LogP contribution in [-0.4, -0.2) is 5.91 Å². The van der Waals surface area contributed by atoms with E-state index in [0.29, 0.717) is 5.02 Å². The van der Waals surface area contributed by atoms with Crippen molar-refractivity contribution in [3.63, 3.8) is 0 Å². The highest BCUT2D eigenvalue weighted by Gasteiger charge is 2.09. The van der Waals surface area contributed by atoms with Crippen molar-refractivity contribution in [2.75, 3.05) is 5.32 Å². The fraction of sp³-hybridized carbons (Fsp3) is 0. The number of anilines is 1. The highest BCUT2D eigenvalue weighted by Crippen LogP contribution is 2.23. The minimum Gasteiger partial charge on any atom is -0.320 e. The molecule has 0 aromatic heterocycles. The van der Waals surface area contributed by atoms with E-state index < -0.39 is 17.5 Å². The van der Waals surface area contributed by atoms with E-state index in [1.54, 1.807) is 30.3 Å². The first-order valence-electron chi connectivity index (χ1n) is 5.85. The van der Waals surface area contributed by atoms with Crippen LogP contribution >= 0.6 is 27.5 Å². The maximum atomic E-state index is 13.5. The van der Waals surface area contributed by atoms with Crippen LogP contribution in [0.25, 0.3) is 6.08 Å². The summed E-state index contributed by atoms with van der Waals surface area (Å²) in [7, 11) is 0. The first kappa shape index (κ1) is 15.7. The maximum Gasteiger partial charge on any atom is 0.248 e. The second kappa shape index (κ2) is 6.83. The molecule has 0 fully saturated rings. The minimum atomic E-state index is -0.725. The van der Waals surface area contributed by atoms with Gasteiger partial charge in [-0.05, 0) is 45.8 Å². The fourth-order valence-electron chi connectivity index (χ4n) is 1.54. The molecular weight excluding hydrogens is 364 g/mol. The Bertz CT molecular complexity index is 702. The number of hydrogen-bond acceptors (Lipinski definition) is 1. The van der Waals surface area contributed by atoms with Gasteiger partial charge in [0.15, 0.2) is 0 Å². The Hall–Kier alpha value is -1.72. The summed E-state index contributed by atoms with van der Waals surface area (Å²) >= 11 is 8.60. The summed E-state index contributed by atoms with van der Waals surface area (Å²) in [6, 6.07) is 8.69. The predicted molar refractivity (Wildman–Crippen MR) is 83.2 cm³/mol. The van der Waals surface area contributed by atoms with Gasteiger partial charge in [-0.2, -0.15) is 0 Å². The standard InChI is InChI=1S/C15H9BrClF2NO/c16-11-7-13(19)14(8-12(11)18)20-15(21)6-3-9-1-4-10(17)5-2-9/h1-8H,(H,20,21)/b6-3+. The van der Waals surface area contributed by atoms with Gasteiger partial charge in [-0.1, -0.05) is 23.7 Å². The molecule has 0 bridgehead atoms. The van der Waals surface area contributed by atoms with E-state index in [-0.39, 0.29) is 10.2 Å². The van der Waals surface area contributed by atoms with Crippen molar-refractivity contribution in [1.82, 2.24) is 0 Å². The van der Waals surface area contributed by atoms with Crippen LogP contribution in [0.3, 0.4) is 0 Å². The van der Waals surface area contributed by atoms with Crippen molar-refractivity contribution in [3.05, 3.63) is 69.2 Å². The van der Waals surface area contributed by atoms with Gasteiger partial charge >= 0.3 is 0 Å². The van der Waals surface area contributed by atoms with Gasteiger partial charge in [0.05, 0.1) is 10.2 Å². The van der Waals surface area contributed by atoms with Gasteiger partial charge in [-0.15, -0.1) is 0 Å².